The van der Waals surface area contributed by atoms with Gasteiger partial charge in [-0.05, 0) is 32.0 Å². The molecule has 3 rings (SSSR count). The fraction of sp³-hybridized carbons (Fsp3) is 0.588. The fourth-order valence-electron chi connectivity index (χ4n) is 2.69. The van der Waals surface area contributed by atoms with Crippen LogP contribution in [0.15, 0.2) is 18.2 Å². The number of hydrogen-bond donors (Lipinski definition) is 1. The molecule has 1 aromatic rings. The van der Waals surface area contributed by atoms with Gasteiger partial charge in [-0.15, -0.1) is 0 Å². The molecule has 0 unspecified atom stereocenters. The molecular formula is C17H24N2O5. The minimum atomic E-state index is -0.561. The molecule has 1 fully saturated rings. The van der Waals surface area contributed by atoms with E-state index in [2.05, 4.69) is 10.2 Å². The van der Waals surface area contributed by atoms with E-state index < -0.39 is 6.10 Å². The highest BCUT2D eigenvalue weighted by atomic mass is 16.7. The average molecular weight is 336 g/mol. The monoisotopic (exact) mass is 336 g/mol. The number of morpholine rings is 1. The molecule has 132 valence electrons. The van der Waals surface area contributed by atoms with E-state index in [1.807, 2.05) is 0 Å². The zero-order chi connectivity index (χ0) is 16.8. The van der Waals surface area contributed by atoms with Crippen molar-refractivity contribution in [3.8, 4) is 17.2 Å². The molecule has 1 aromatic carbocycles. The van der Waals surface area contributed by atoms with Crippen LogP contribution in [-0.2, 0) is 9.53 Å². The van der Waals surface area contributed by atoms with Crippen LogP contribution in [0.5, 0.6) is 17.2 Å². The van der Waals surface area contributed by atoms with Crippen molar-refractivity contribution in [1.29, 1.82) is 0 Å². The van der Waals surface area contributed by atoms with Crippen molar-refractivity contribution in [3.63, 3.8) is 0 Å². The topological polar surface area (TPSA) is 69.3 Å². The highest BCUT2D eigenvalue weighted by molar-refractivity contribution is 5.80. The van der Waals surface area contributed by atoms with Gasteiger partial charge in [0.15, 0.2) is 17.6 Å². The molecule has 0 aliphatic carbocycles. The second-order valence-electron chi connectivity index (χ2n) is 5.87. The number of benzene rings is 1. The minimum Gasteiger partial charge on any atom is -0.481 e. The second kappa shape index (κ2) is 8.21. The summed E-state index contributed by atoms with van der Waals surface area (Å²) in [5, 5.41) is 2.92. The van der Waals surface area contributed by atoms with Gasteiger partial charge in [-0.25, -0.2) is 0 Å². The SMILES string of the molecule is C[C@@H](Oc1ccc2c(c1)OCO2)C(=O)NCCCN1CCOCC1. The van der Waals surface area contributed by atoms with Crippen molar-refractivity contribution in [2.45, 2.75) is 19.4 Å². The predicted molar refractivity (Wildman–Crippen MR) is 87.5 cm³/mol. The average Bonchev–Trinajstić information content (AvgIpc) is 3.07. The van der Waals surface area contributed by atoms with Crippen LogP contribution in [0, 0.1) is 0 Å². The lowest BCUT2D eigenvalue weighted by molar-refractivity contribution is -0.127. The maximum Gasteiger partial charge on any atom is 0.260 e. The Hall–Kier alpha value is -1.99. The molecule has 0 bridgehead atoms. The molecule has 1 saturated heterocycles. The molecule has 0 radical (unpaired) electrons. The number of hydrogen-bond acceptors (Lipinski definition) is 6. The van der Waals surface area contributed by atoms with Gasteiger partial charge < -0.3 is 24.3 Å². The van der Waals surface area contributed by atoms with E-state index in [1.165, 1.54) is 0 Å². The number of carbonyl (C=O) groups is 1. The smallest absolute Gasteiger partial charge is 0.260 e. The summed E-state index contributed by atoms with van der Waals surface area (Å²) >= 11 is 0. The molecule has 24 heavy (non-hydrogen) atoms. The summed E-state index contributed by atoms with van der Waals surface area (Å²) in [5.41, 5.74) is 0. The van der Waals surface area contributed by atoms with Gasteiger partial charge >= 0.3 is 0 Å². The number of ether oxygens (including phenoxy) is 4. The summed E-state index contributed by atoms with van der Waals surface area (Å²) in [4.78, 5) is 14.5. The Morgan fingerprint density at radius 1 is 1.29 bits per heavy atom. The molecule has 0 spiro atoms. The quantitative estimate of drug-likeness (QED) is 0.750. The first-order valence-corrected chi connectivity index (χ1v) is 8.36. The Balaban J connectivity index is 1.37. The Labute approximate surface area is 141 Å². The largest absolute Gasteiger partial charge is 0.481 e. The van der Waals surface area contributed by atoms with Crippen LogP contribution >= 0.6 is 0 Å². The van der Waals surface area contributed by atoms with Crippen LogP contribution < -0.4 is 19.5 Å². The summed E-state index contributed by atoms with van der Waals surface area (Å²) in [6.07, 6.45) is 0.358. The molecule has 2 heterocycles. The van der Waals surface area contributed by atoms with Gasteiger partial charge in [0.25, 0.3) is 5.91 Å². The first kappa shape index (κ1) is 16.9. The third-order valence-corrected chi connectivity index (χ3v) is 4.08. The number of carbonyl (C=O) groups excluding carboxylic acids is 1. The first-order chi connectivity index (χ1) is 11.7. The summed E-state index contributed by atoms with van der Waals surface area (Å²) in [7, 11) is 0. The molecule has 7 heteroatoms. The Morgan fingerprint density at radius 2 is 2.08 bits per heavy atom. The van der Waals surface area contributed by atoms with E-state index in [1.54, 1.807) is 25.1 Å². The van der Waals surface area contributed by atoms with Crippen LogP contribution in [0.4, 0.5) is 0 Å². The minimum absolute atomic E-state index is 0.116. The maximum atomic E-state index is 12.1. The molecule has 1 atom stereocenters. The zero-order valence-corrected chi connectivity index (χ0v) is 14.0. The van der Waals surface area contributed by atoms with E-state index in [4.69, 9.17) is 18.9 Å². The van der Waals surface area contributed by atoms with Crippen LogP contribution in [-0.4, -0.2) is 63.1 Å². The third kappa shape index (κ3) is 4.52. The summed E-state index contributed by atoms with van der Waals surface area (Å²) < 4.78 is 21.5. The number of amides is 1. The van der Waals surface area contributed by atoms with Crippen molar-refractivity contribution < 1.29 is 23.7 Å². The highest BCUT2D eigenvalue weighted by Crippen LogP contribution is 2.35. The molecule has 0 aromatic heterocycles. The van der Waals surface area contributed by atoms with E-state index in [9.17, 15) is 4.79 Å². The first-order valence-electron chi connectivity index (χ1n) is 8.36. The Morgan fingerprint density at radius 3 is 2.92 bits per heavy atom. The van der Waals surface area contributed by atoms with E-state index in [0.29, 0.717) is 23.8 Å². The maximum absolute atomic E-state index is 12.1. The number of fused-ring (bicyclic) bond motifs is 1. The number of nitrogens with zero attached hydrogens (tertiary/aromatic N) is 1. The second-order valence-corrected chi connectivity index (χ2v) is 5.87. The van der Waals surface area contributed by atoms with Gasteiger partial charge in [-0.3, -0.25) is 9.69 Å². The third-order valence-electron chi connectivity index (χ3n) is 4.08. The van der Waals surface area contributed by atoms with Crippen molar-refractivity contribution >= 4 is 5.91 Å². The van der Waals surface area contributed by atoms with E-state index in [-0.39, 0.29) is 12.7 Å². The van der Waals surface area contributed by atoms with Crippen molar-refractivity contribution in [2.75, 3.05) is 46.2 Å². The standard InChI is InChI=1S/C17H24N2O5/c1-13(24-14-3-4-15-16(11-14)23-12-22-15)17(20)18-5-2-6-19-7-9-21-10-8-19/h3-4,11,13H,2,5-10,12H2,1H3,(H,18,20)/t13-/m1/s1. The van der Waals surface area contributed by atoms with Crippen LogP contribution in [0.25, 0.3) is 0 Å². The normalized spacial score (nSPS) is 18.2. The van der Waals surface area contributed by atoms with Crippen LogP contribution in [0.3, 0.4) is 0 Å². The zero-order valence-electron chi connectivity index (χ0n) is 14.0. The lowest BCUT2D eigenvalue weighted by Crippen LogP contribution is -2.40. The summed E-state index contributed by atoms with van der Waals surface area (Å²) in [6, 6.07) is 5.30. The fourth-order valence-corrected chi connectivity index (χ4v) is 2.69. The van der Waals surface area contributed by atoms with Crippen molar-refractivity contribution in [1.82, 2.24) is 10.2 Å². The van der Waals surface area contributed by atoms with E-state index in [0.717, 1.165) is 39.3 Å². The Kier molecular flexibility index (Phi) is 5.77. The molecule has 1 amide bonds. The van der Waals surface area contributed by atoms with Gasteiger partial charge in [0, 0.05) is 25.7 Å². The van der Waals surface area contributed by atoms with Gasteiger partial charge in [0.2, 0.25) is 6.79 Å². The van der Waals surface area contributed by atoms with E-state index >= 15 is 0 Å². The molecule has 7 nitrogen and oxygen atoms in total. The lowest BCUT2D eigenvalue weighted by Gasteiger charge is -2.26. The van der Waals surface area contributed by atoms with Gasteiger partial charge in [-0.2, -0.15) is 0 Å². The Bertz CT molecular complexity index is 560. The lowest BCUT2D eigenvalue weighted by atomic mass is 10.3. The summed E-state index contributed by atoms with van der Waals surface area (Å²) in [5.74, 6) is 1.82. The van der Waals surface area contributed by atoms with Gasteiger partial charge in [-0.1, -0.05) is 0 Å². The summed E-state index contributed by atoms with van der Waals surface area (Å²) in [6.45, 7) is 7.11. The molecule has 2 aliphatic heterocycles. The van der Waals surface area contributed by atoms with Crippen LogP contribution in [0.1, 0.15) is 13.3 Å². The van der Waals surface area contributed by atoms with Gasteiger partial charge in [0.1, 0.15) is 5.75 Å². The van der Waals surface area contributed by atoms with Gasteiger partial charge in [0.05, 0.1) is 13.2 Å². The molecule has 0 saturated carbocycles. The molecule has 2 aliphatic rings. The number of nitrogens with one attached hydrogen (secondary N) is 1. The van der Waals surface area contributed by atoms with Crippen molar-refractivity contribution in [3.05, 3.63) is 18.2 Å². The highest BCUT2D eigenvalue weighted by Gasteiger charge is 2.18. The molecular weight excluding hydrogens is 312 g/mol. The van der Waals surface area contributed by atoms with Crippen molar-refractivity contribution in [2.24, 2.45) is 0 Å². The predicted octanol–water partition coefficient (Wildman–Crippen LogP) is 1.02. The number of rotatable bonds is 7. The van der Waals surface area contributed by atoms with Crippen LogP contribution in [0.2, 0.25) is 0 Å². The molecule has 1 N–H and O–H groups in total.